The van der Waals surface area contributed by atoms with Crippen LogP contribution in [0, 0.1) is 11.8 Å². The van der Waals surface area contributed by atoms with E-state index in [1.165, 1.54) is 13.0 Å². The molecule has 1 aliphatic rings. The third kappa shape index (κ3) is 2.20. The van der Waals surface area contributed by atoms with Crippen LogP contribution in [0.5, 0.6) is 0 Å². The van der Waals surface area contributed by atoms with Crippen molar-refractivity contribution < 1.29 is 0 Å². The number of nitrogens with two attached hydrogens (primary N) is 1. The molecule has 0 amide bonds. The van der Waals surface area contributed by atoms with Crippen molar-refractivity contribution in [3.63, 3.8) is 0 Å². The highest BCUT2D eigenvalue weighted by molar-refractivity contribution is 4.89. The standard InChI is InChI=1S/C10H22N2/c1-8-5-9(8)6-12(4)10(2,3)7-11/h8-9H,5-7,11H2,1-4H3. The molecule has 0 aromatic heterocycles. The predicted molar refractivity (Wildman–Crippen MR) is 53.0 cm³/mol. The van der Waals surface area contributed by atoms with Crippen molar-refractivity contribution >= 4 is 0 Å². The minimum Gasteiger partial charge on any atom is -0.329 e. The number of nitrogens with zero attached hydrogens (tertiary/aromatic N) is 1. The normalized spacial score (nSPS) is 29.5. The van der Waals surface area contributed by atoms with Crippen LogP contribution in [-0.4, -0.2) is 30.6 Å². The Hall–Kier alpha value is -0.0800. The zero-order valence-electron chi connectivity index (χ0n) is 8.80. The third-order valence-corrected chi connectivity index (χ3v) is 3.32. The summed E-state index contributed by atoms with van der Waals surface area (Å²) in [5.74, 6) is 1.88. The van der Waals surface area contributed by atoms with Crippen molar-refractivity contribution in [2.75, 3.05) is 20.1 Å². The molecule has 2 heteroatoms. The first-order valence-corrected chi connectivity index (χ1v) is 4.88. The Morgan fingerprint density at radius 2 is 2.00 bits per heavy atom. The Kier molecular flexibility index (Phi) is 2.79. The Balaban J connectivity index is 2.32. The van der Waals surface area contributed by atoms with Crippen molar-refractivity contribution in [3.05, 3.63) is 0 Å². The largest absolute Gasteiger partial charge is 0.329 e. The van der Waals surface area contributed by atoms with E-state index in [4.69, 9.17) is 5.73 Å². The summed E-state index contributed by atoms with van der Waals surface area (Å²) in [7, 11) is 2.18. The van der Waals surface area contributed by atoms with Gasteiger partial charge in [-0.05, 0) is 39.2 Å². The fraction of sp³-hybridized carbons (Fsp3) is 1.00. The quantitative estimate of drug-likeness (QED) is 0.689. The topological polar surface area (TPSA) is 29.3 Å². The molecule has 0 aromatic carbocycles. The lowest BCUT2D eigenvalue weighted by molar-refractivity contribution is 0.155. The van der Waals surface area contributed by atoms with Crippen LogP contribution >= 0.6 is 0 Å². The summed E-state index contributed by atoms with van der Waals surface area (Å²) in [6, 6.07) is 0. The van der Waals surface area contributed by atoms with Crippen LogP contribution in [0.3, 0.4) is 0 Å². The maximum Gasteiger partial charge on any atom is 0.0272 e. The Bertz CT molecular complexity index is 154. The van der Waals surface area contributed by atoms with Crippen molar-refractivity contribution in [1.82, 2.24) is 4.90 Å². The molecule has 1 aliphatic carbocycles. The van der Waals surface area contributed by atoms with E-state index in [1.54, 1.807) is 0 Å². The highest BCUT2D eigenvalue weighted by Gasteiger charge is 2.35. The number of likely N-dealkylation sites (N-methyl/N-ethyl adjacent to an activating group) is 1. The average Bonchev–Trinajstić information content (AvgIpc) is 2.66. The van der Waals surface area contributed by atoms with Gasteiger partial charge in [-0.25, -0.2) is 0 Å². The van der Waals surface area contributed by atoms with Gasteiger partial charge >= 0.3 is 0 Å². The maximum atomic E-state index is 5.70. The van der Waals surface area contributed by atoms with Crippen LogP contribution in [0.25, 0.3) is 0 Å². The van der Waals surface area contributed by atoms with Gasteiger partial charge in [-0.1, -0.05) is 6.92 Å². The highest BCUT2D eigenvalue weighted by atomic mass is 15.2. The van der Waals surface area contributed by atoms with Gasteiger partial charge in [-0.3, -0.25) is 4.90 Å². The zero-order chi connectivity index (χ0) is 9.35. The number of hydrogen-bond acceptors (Lipinski definition) is 2. The van der Waals surface area contributed by atoms with Gasteiger partial charge in [0, 0.05) is 18.6 Å². The zero-order valence-corrected chi connectivity index (χ0v) is 8.80. The van der Waals surface area contributed by atoms with Crippen LogP contribution in [0.2, 0.25) is 0 Å². The van der Waals surface area contributed by atoms with Gasteiger partial charge in [-0.15, -0.1) is 0 Å². The van der Waals surface area contributed by atoms with Gasteiger partial charge < -0.3 is 5.73 Å². The lowest BCUT2D eigenvalue weighted by Gasteiger charge is -2.34. The van der Waals surface area contributed by atoms with Crippen LogP contribution in [0.4, 0.5) is 0 Å². The predicted octanol–water partition coefficient (Wildman–Crippen LogP) is 1.31. The fourth-order valence-corrected chi connectivity index (χ4v) is 1.41. The molecule has 2 atom stereocenters. The summed E-state index contributed by atoms with van der Waals surface area (Å²) in [4.78, 5) is 2.39. The Labute approximate surface area is 76.1 Å². The summed E-state index contributed by atoms with van der Waals surface area (Å²) in [5.41, 5.74) is 5.87. The van der Waals surface area contributed by atoms with E-state index in [-0.39, 0.29) is 5.54 Å². The van der Waals surface area contributed by atoms with E-state index in [9.17, 15) is 0 Å². The first-order chi connectivity index (χ1) is 5.47. The van der Waals surface area contributed by atoms with Crippen molar-refractivity contribution in [2.24, 2.45) is 17.6 Å². The molecular weight excluding hydrogens is 148 g/mol. The molecule has 0 aliphatic heterocycles. The molecule has 0 radical (unpaired) electrons. The first-order valence-electron chi connectivity index (χ1n) is 4.88. The van der Waals surface area contributed by atoms with Crippen molar-refractivity contribution in [1.29, 1.82) is 0 Å². The summed E-state index contributed by atoms with van der Waals surface area (Å²) in [6.07, 6.45) is 1.41. The Morgan fingerprint density at radius 3 is 2.33 bits per heavy atom. The molecule has 0 bridgehead atoms. The van der Waals surface area contributed by atoms with Crippen LogP contribution in [0.1, 0.15) is 27.2 Å². The first kappa shape index (κ1) is 10.0. The van der Waals surface area contributed by atoms with Gasteiger partial charge in [0.2, 0.25) is 0 Å². The molecule has 72 valence electrons. The van der Waals surface area contributed by atoms with Gasteiger partial charge in [0.05, 0.1) is 0 Å². The van der Waals surface area contributed by atoms with E-state index >= 15 is 0 Å². The second-order valence-electron chi connectivity index (χ2n) is 4.87. The highest BCUT2D eigenvalue weighted by Crippen LogP contribution is 2.38. The van der Waals surface area contributed by atoms with E-state index in [0.29, 0.717) is 0 Å². The molecule has 1 saturated carbocycles. The van der Waals surface area contributed by atoms with E-state index < -0.39 is 0 Å². The molecule has 0 heterocycles. The summed E-state index contributed by atoms with van der Waals surface area (Å²) in [6.45, 7) is 8.70. The van der Waals surface area contributed by atoms with E-state index in [1.807, 2.05) is 0 Å². The minimum absolute atomic E-state index is 0.169. The SMILES string of the molecule is CC1CC1CN(C)C(C)(C)CN. The van der Waals surface area contributed by atoms with Gasteiger partial charge in [0.1, 0.15) is 0 Å². The van der Waals surface area contributed by atoms with Gasteiger partial charge in [0.15, 0.2) is 0 Å². The smallest absolute Gasteiger partial charge is 0.0272 e. The lowest BCUT2D eigenvalue weighted by Crippen LogP contribution is -2.47. The maximum absolute atomic E-state index is 5.70. The molecule has 2 unspecified atom stereocenters. The fourth-order valence-electron chi connectivity index (χ4n) is 1.41. The molecular formula is C10H22N2. The van der Waals surface area contributed by atoms with Gasteiger partial charge in [-0.2, -0.15) is 0 Å². The summed E-state index contributed by atoms with van der Waals surface area (Å²) < 4.78 is 0. The molecule has 2 N–H and O–H groups in total. The molecule has 0 spiro atoms. The van der Waals surface area contributed by atoms with E-state index in [0.717, 1.165) is 18.4 Å². The molecule has 2 nitrogen and oxygen atoms in total. The monoisotopic (exact) mass is 170 g/mol. The summed E-state index contributed by atoms with van der Waals surface area (Å²) >= 11 is 0. The van der Waals surface area contributed by atoms with E-state index in [2.05, 4.69) is 32.7 Å². The summed E-state index contributed by atoms with van der Waals surface area (Å²) in [5, 5.41) is 0. The molecule has 1 rings (SSSR count). The van der Waals surface area contributed by atoms with Crippen LogP contribution < -0.4 is 5.73 Å². The van der Waals surface area contributed by atoms with Crippen LogP contribution in [0.15, 0.2) is 0 Å². The molecule has 1 fully saturated rings. The minimum atomic E-state index is 0.169. The average molecular weight is 170 g/mol. The molecule has 0 saturated heterocycles. The second kappa shape index (κ2) is 3.35. The second-order valence-corrected chi connectivity index (χ2v) is 4.87. The molecule has 0 aromatic rings. The number of hydrogen-bond donors (Lipinski definition) is 1. The lowest BCUT2D eigenvalue weighted by atomic mass is 10.0. The van der Waals surface area contributed by atoms with Gasteiger partial charge in [0.25, 0.3) is 0 Å². The van der Waals surface area contributed by atoms with Crippen LogP contribution in [-0.2, 0) is 0 Å². The molecule has 12 heavy (non-hydrogen) atoms. The van der Waals surface area contributed by atoms with Crippen molar-refractivity contribution in [3.8, 4) is 0 Å². The number of rotatable bonds is 4. The Morgan fingerprint density at radius 1 is 1.50 bits per heavy atom. The van der Waals surface area contributed by atoms with Crippen molar-refractivity contribution in [2.45, 2.75) is 32.7 Å². The third-order valence-electron chi connectivity index (χ3n) is 3.32.